The summed E-state index contributed by atoms with van der Waals surface area (Å²) >= 11 is 0. The van der Waals surface area contributed by atoms with Crippen LogP contribution in [0.4, 0.5) is 10.2 Å². The van der Waals surface area contributed by atoms with Crippen LogP contribution in [-0.4, -0.2) is 21.0 Å². The molecule has 5 nitrogen and oxygen atoms in total. The molecule has 0 saturated heterocycles. The molecule has 1 aromatic carbocycles. The van der Waals surface area contributed by atoms with Crippen molar-refractivity contribution < 1.29 is 14.3 Å². The summed E-state index contributed by atoms with van der Waals surface area (Å²) in [4.78, 5) is 20.3. The largest absolute Gasteiger partial charge is 0.508 e. The van der Waals surface area contributed by atoms with Gasteiger partial charge in [0, 0.05) is 23.5 Å². The molecule has 0 saturated carbocycles. The molecule has 27 heavy (non-hydrogen) atoms. The number of aromatic nitrogens is 2. The van der Waals surface area contributed by atoms with E-state index in [1.165, 1.54) is 13.1 Å². The van der Waals surface area contributed by atoms with E-state index in [2.05, 4.69) is 15.3 Å². The number of halogens is 1. The fourth-order valence-corrected chi connectivity index (χ4v) is 2.68. The quantitative estimate of drug-likeness (QED) is 0.723. The first-order chi connectivity index (χ1) is 13.0. The molecule has 2 aromatic heterocycles. The fourth-order valence-electron chi connectivity index (χ4n) is 2.68. The topological polar surface area (TPSA) is 75.1 Å². The first-order valence-electron chi connectivity index (χ1n) is 8.33. The van der Waals surface area contributed by atoms with Gasteiger partial charge in [0.25, 0.3) is 5.91 Å². The van der Waals surface area contributed by atoms with Crippen LogP contribution in [0.25, 0.3) is 5.57 Å². The highest BCUT2D eigenvalue weighted by Gasteiger charge is 2.13. The number of phenols is 1. The lowest BCUT2D eigenvalue weighted by Crippen LogP contribution is -2.15. The molecule has 0 aliphatic rings. The second kappa shape index (κ2) is 7.78. The predicted octanol–water partition coefficient (Wildman–Crippen LogP) is 4.33. The molecule has 3 rings (SSSR count). The minimum Gasteiger partial charge on any atom is -0.508 e. The third kappa shape index (κ3) is 4.00. The highest BCUT2D eigenvalue weighted by Crippen LogP contribution is 2.25. The number of hydrogen-bond acceptors (Lipinski definition) is 4. The SMILES string of the molecule is CC=C(c1ccc(O)cc1)c1ccc(NC(=O)c2cncc(F)c2C)nc1. The summed E-state index contributed by atoms with van der Waals surface area (Å²) in [5.74, 6) is -0.441. The van der Waals surface area contributed by atoms with Gasteiger partial charge in [-0.05, 0) is 49.2 Å². The molecule has 0 radical (unpaired) electrons. The van der Waals surface area contributed by atoms with E-state index < -0.39 is 11.7 Å². The van der Waals surface area contributed by atoms with E-state index in [0.29, 0.717) is 5.82 Å². The Kier molecular flexibility index (Phi) is 5.26. The van der Waals surface area contributed by atoms with Crippen LogP contribution < -0.4 is 5.32 Å². The van der Waals surface area contributed by atoms with Crippen molar-refractivity contribution in [1.29, 1.82) is 0 Å². The Morgan fingerprint density at radius 2 is 1.78 bits per heavy atom. The summed E-state index contributed by atoms with van der Waals surface area (Å²) in [7, 11) is 0. The average Bonchev–Trinajstić information content (AvgIpc) is 2.67. The summed E-state index contributed by atoms with van der Waals surface area (Å²) in [6, 6.07) is 10.4. The number of allylic oxidation sites excluding steroid dienone is 1. The molecule has 2 heterocycles. The monoisotopic (exact) mass is 363 g/mol. The number of benzene rings is 1. The van der Waals surface area contributed by atoms with E-state index in [9.17, 15) is 14.3 Å². The number of nitrogens with one attached hydrogen (secondary N) is 1. The molecule has 1 amide bonds. The van der Waals surface area contributed by atoms with E-state index in [0.717, 1.165) is 22.9 Å². The van der Waals surface area contributed by atoms with Gasteiger partial charge in [-0.1, -0.05) is 18.2 Å². The number of anilines is 1. The second-order valence-electron chi connectivity index (χ2n) is 5.93. The molecule has 6 heteroatoms. The van der Waals surface area contributed by atoms with Gasteiger partial charge in [0.05, 0.1) is 11.8 Å². The zero-order chi connectivity index (χ0) is 19.4. The van der Waals surface area contributed by atoms with Crippen molar-refractivity contribution in [2.45, 2.75) is 13.8 Å². The number of carbonyl (C=O) groups is 1. The molecule has 0 bridgehead atoms. The average molecular weight is 363 g/mol. The molecule has 0 atom stereocenters. The van der Waals surface area contributed by atoms with Gasteiger partial charge in [0.15, 0.2) is 0 Å². The number of nitrogens with zero attached hydrogens (tertiary/aromatic N) is 2. The van der Waals surface area contributed by atoms with E-state index in [1.54, 1.807) is 24.4 Å². The second-order valence-corrected chi connectivity index (χ2v) is 5.93. The molecule has 2 N–H and O–H groups in total. The number of aromatic hydroxyl groups is 1. The molecule has 0 unspecified atom stereocenters. The van der Waals surface area contributed by atoms with Crippen molar-refractivity contribution in [1.82, 2.24) is 9.97 Å². The van der Waals surface area contributed by atoms with Gasteiger partial charge >= 0.3 is 0 Å². The summed E-state index contributed by atoms with van der Waals surface area (Å²) < 4.78 is 13.6. The maximum Gasteiger partial charge on any atom is 0.258 e. The van der Waals surface area contributed by atoms with E-state index in [1.807, 2.05) is 31.2 Å². The third-order valence-corrected chi connectivity index (χ3v) is 4.18. The van der Waals surface area contributed by atoms with Crippen LogP contribution in [0.15, 0.2) is 61.1 Å². The number of rotatable bonds is 4. The standard InChI is InChI=1S/C21H18FN3O2/c1-3-17(14-4-7-16(26)8-5-14)15-6-9-20(24-10-15)25-21(27)18-11-23-12-19(22)13(18)2/h3-12,26H,1-2H3,(H,24,25,27). The van der Waals surface area contributed by atoms with Gasteiger partial charge in [0.2, 0.25) is 0 Å². The first kappa shape index (κ1) is 18.3. The number of hydrogen-bond donors (Lipinski definition) is 2. The van der Waals surface area contributed by atoms with Crippen molar-refractivity contribution in [2.24, 2.45) is 0 Å². The number of carbonyl (C=O) groups excluding carboxylic acids is 1. The lowest BCUT2D eigenvalue weighted by molar-refractivity contribution is 0.102. The van der Waals surface area contributed by atoms with Gasteiger partial charge in [-0.25, -0.2) is 9.37 Å². The maximum atomic E-state index is 13.6. The van der Waals surface area contributed by atoms with Crippen molar-refractivity contribution in [2.75, 3.05) is 5.32 Å². The number of phenolic OH excluding ortho intramolecular Hbond substituents is 1. The highest BCUT2D eigenvalue weighted by atomic mass is 19.1. The Morgan fingerprint density at radius 3 is 2.41 bits per heavy atom. The lowest BCUT2D eigenvalue weighted by Gasteiger charge is -2.10. The van der Waals surface area contributed by atoms with E-state index >= 15 is 0 Å². The molecular formula is C21H18FN3O2. The Labute approximate surface area is 156 Å². The zero-order valence-electron chi connectivity index (χ0n) is 14.9. The normalized spacial score (nSPS) is 11.3. The molecule has 0 spiro atoms. The van der Waals surface area contributed by atoms with Gasteiger partial charge in [0.1, 0.15) is 17.4 Å². The molecule has 136 valence electrons. The summed E-state index contributed by atoms with van der Waals surface area (Å²) in [5.41, 5.74) is 3.16. The highest BCUT2D eigenvalue weighted by molar-refractivity contribution is 6.04. The first-order valence-corrected chi connectivity index (χ1v) is 8.33. The van der Waals surface area contributed by atoms with Crippen molar-refractivity contribution in [3.8, 4) is 5.75 Å². The lowest BCUT2D eigenvalue weighted by atomic mass is 9.99. The number of pyridine rings is 2. The Morgan fingerprint density at radius 1 is 1.07 bits per heavy atom. The summed E-state index contributed by atoms with van der Waals surface area (Å²) in [6.07, 6.45) is 5.99. The van der Waals surface area contributed by atoms with Crippen LogP contribution in [-0.2, 0) is 0 Å². The summed E-state index contributed by atoms with van der Waals surface area (Å²) in [5, 5.41) is 12.1. The Balaban J connectivity index is 1.79. The van der Waals surface area contributed by atoms with Crippen molar-refractivity contribution >= 4 is 17.3 Å². The van der Waals surface area contributed by atoms with E-state index in [-0.39, 0.29) is 16.9 Å². The molecule has 0 aliphatic carbocycles. The van der Waals surface area contributed by atoms with Crippen molar-refractivity contribution in [3.05, 3.63) is 89.1 Å². The van der Waals surface area contributed by atoms with Crippen molar-refractivity contribution in [3.63, 3.8) is 0 Å². The Hall–Kier alpha value is -3.54. The van der Waals surface area contributed by atoms with Gasteiger partial charge < -0.3 is 10.4 Å². The maximum absolute atomic E-state index is 13.6. The van der Waals surface area contributed by atoms with Crippen LogP contribution in [0.1, 0.15) is 34.0 Å². The Bertz CT molecular complexity index is 997. The molecular weight excluding hydrogens is 345 g/mol. The van der Waals surface area contributed by atoms with Crippen LogP contribution >= 0.6 is 0 Å². The van der Waals surface area contributed by atoms with Crippen LogP contribution in [0.5, 0.6) is 5.75 Å². The van der Waals surface area contributed by atoms with Gasteiger partial charge in [-0.2, -0.15) is 0 Å². The molecule has 0 fully saturated rings. The molecule has 3 aromatic rings. The molecule has 0 aliphatic heterocycles. The van der Waals surface area contributed by atoms with Crippen LogP contribution in [0.3, 0.4) is 0 Å². The van der Waals surface area contributed by atoms with E-state index in [4.69, 9.17) is 0 Å². The summed E-state index contributed by atoms with van der Waals surface area (Å²) in [6.45, 7) is 3.44. The van der Waals surface area contributed by atoms with Crippen LogP contribution in [0, 0.1) is 12.7 Å². The smallest absolute Gasteiger partial charge is 0.258 e. The fraction of sp³-hybridized carbons (Fsp3) is 0.0952. The van der Waals surface area contributed by atoms with Crippen LogP contribution in [0.2, 0.25) is 0 Å². The van der Waals surface area contributed by atoms with Gasteiger partial charge in [-0.3, -0.25) is 9.78 Å². The van der Waals surface area contributed by atoms with Gasteiger partial charge in [-0.15, -0.1) is 0 Å². The minimum absolute atomic E-state index is 0.166. The third-order valence-electron chi connectivity index (χ3n) is 4.18. The number of amides is 1. The zero-order valence-corrected chi connectivity index (χ0v) is 14.9. The minimum atomic E-state index is -0.530. The predicted molar refractivity (Wildman–Crippen MR) is 102 cm³/mol.